The molecule has 3 heteroatoms. The van der Waals surface area contributed by atoms with Crippen LogP contribution in [0.25, 0.3) is 10.9 Å². The Hall–Kier alpha value is -1.12. The fraction of sp³-hybridized carbons (Fsp3) is 0.308. The van der Waals surface area contributed by atoms with Crippen LogP contribution in [-0.2, 0) is 6.42 Å². The summed E-state index contributed by atoms with van der Waals surface area (Å²) in [6.45, 7) is 2.11. The zero-order chi connectivity index (χ0) is 10.7. The predicted molar refractivity (Wildman–Crippen MR) is 71.0 cm³/mol. The van der Waals surface area contributed by atoms with Crippen LogP contribution in [-0.4, -0.2) is 11.0 Å². The molecule has 0 spiro atoms. The summed E-state index contributed by atoms with van der Waals surface area (Å²) < 4.78 is 0. The lowest BCUT2D eigenvalue weighted by atomic mass is 10.0. The number of hydrogen-bond donors (Lipinski definition) is 1. The monoisotopic (exact) mass is 236 g/mol. The maximum Gasteiger partial charge on any atom is 0.0702 e. The van der Waals surface area contributed by atoms with Gasteiger partial charge in [-0.1, -0.05) is 25.1 Å². The first-order valence-electron chi connectivity index (χ1n) is 5.39. The Morgan fingerprint density at radius 1 is 1.31 bits per heavy atom. The average molecular weight is 237 g/mol. The smallest absolute Gasteiger partial charge is 0.0702 e. The molecule has 1 aromatic heterocycles. The summed E-state index contributed by atoms with van der Waals surface area (Å²) in [4.78, 5) is 4.41. The number of nitrogens with two attached hydrogens (primary N) is 1. The van der Waals surface area contributed by atoms with Crippen LogP contribution in [0.2, 0.25) is 0 Å². The topological polar surface area (TPSA) is 38.9 Å². The maximum absolute atomic E-state index is 5.92. The summed E-state index contributed by atoms with van der Waals surface area (Å²) in [6.07, 6.45) is 3.85. The van der Waals surface area contributed by atoms with Crippen molar-refractivity contribution in [1.29, 1.82) is 0 Å². The summed E-state index contributed by atoms with van der Waals surface area (Å²) in [7, 11) is 0. The molecule has 0 radical (unpaired) electrons. The number of rotatable bonds is 3. The molecule has 0 aliphatic carbocycles. The number of para-hydroxylation sites is 1. The summed E-state index contributed by atoms with van der Waals surface area (Å²) in [5.41, 5.74) is 8.19. The van der Waals surface area contributed by atoms with Gasteiger partial charge in [-0.25, -0.2) is 0 Å². The fourth-order valence-corrected chi connectivity index (χ4v) is 1.68. The number of aromatic nitrogens is 1. The first kappa shape index (κ1) is 12.9. The normalized spacial score (nSPS) is 12.1. The minimum absolute atomic E-state index is 0. The predicted octanol–water partition coefficient (Wildman–Crippen LogP) is 2.94. The molecule has 0 saturated carbocycles. The lowest BCUT2D eigenvalue weighted by Gasteiger charge is -2.08. The molecule has 1 heterocycles. The van der Waals surface area contributed by atoms with E-state index in [4.69, 9.17) is 5.73 Å². The Morgan fingerprint density at radius 3 is 2.81 bits per heavy atom. The molecule has 0 aliphatic rings. The maximum atomic E-state index is 5.92. The number of pyridine rings is 1. The van der Waals surface area contributed by atoms with Crippen molar-refractivity contribution < 1.29 is 0 Å². The van der Waals surface area contributed by atoms with E-state index in [-0.39, 0.29) is 18.4 Å². The van der Waals surface area contributed by atoms with Gasteiger partial charge >= 0.3 is 0 Å². The van der Waals surface area contributed by atoms with Gasteiger partial charge < -0.3 is 5.73 Å². The molecule has 1 unspecified atom stereocenters. The number of hydrogen-bond acceptors (Lipinski definition) is 2. The molecular weight excluding hydrogens is 220 g/mol. The van der Waals surface area contributed by atoms with Crippen LogP contribution in [0.15, 0.2) is 36.5 Å². The van der Waals surface area contributed by atoms with Crippen LogP contribution in [0.4, 0.5) is 0 Å². The van der Waals surface area contributed by atoms with Gasteiger partial charge in [0.2, 0.25) is 0 Å². The largest absolute Gasteiger partial charge is 0.327 e. The summed E-state index contributed by atoms with van der Waals surface area (Å²) >= 11 is 0. The number of fused-ring (bicyclic) bond motifs is 1. The van der Waals surface area contributed by atoms with Crippen molar-refractivity contribution in [2.75, 3.05) is 0 Å². The molecule has 86 valence electrons. The van der Waals surface area contributed by atoms with E-state index in [1.165, 1.54) is 10.9 Å². The summed E-state index contributed by atoms with van der Waals surface area (Å²) in [5.74, 6) is 0. The van der Waals surface area contributed by atoms with Gasteiger partial charge in [0.1, 0.15) is 0 Å². The lowest BCUT2D eigenvalue weighted by molar-refractivity contribution is 0.646. The van der Waals surface area contributed by atoms with Gasteiger partial charge in [-0.15, -0.1) is 12.4 Å². The van der Waals surface area contributed by atoms with Gasteiger partial charge in [0.25, 0.3) is 0 Å². The van der Waals surface area contributed by atoms with Crippen molar-refractivity contribution in [3.63, 3.8) is 0 Å². The van der Waals surface area contributed by atoms with Gasteiger partial charge in [0, 0.05) is 17.6 Å². The molecule has 2 rings (SSSR count). The highest BCUT2D eigenvalue weighted by molar-refractivity contribution is 5.85. The van der Waals surface area contributed by atoms with Crippen molar-refractivity contribution in [3.05, 3.63) is 42.1 Å². The molecule has 0 amide bonds. The Kier molecular flexibility index (Phi) is 4.71. The molecule has 0 saturated heterocycles. The first-order valence-corrected chi connectivity index (χ1v) is 5.39. The molecule has 1 atom stereocenters. The van der Waals surface area contributed by atoms with Crippen LogP contribution in [0.5, 0.6) is 0 Å². The molecule has 2 aromatic rings. The molecule has 0 fully saturated rings. The molecule has 2 N–H and O–H groups in total. The standard InChI is InChI=1S/C13H16N2.ClH/c1-2-12(14)8-10-7-11-5-3-4-6-13(11)15-9-10;/h3-7,9,12H,2,8,14H2,1H3;1H. The Morgan fingerprint density at radius 2 is 2.06 bits per heavy atom. The van der Waals surface area contributed by atoms with Crippen molar-refractivity contribution >= 4 is 23.3 Å². The fourth-order valence-electron chi connectivity index (χ4n) is 1.68. The molecule has 0 bridgehead atoms. The second-order valence-electron chi connectivity index (χ2n) is 3.91. The van der Waals surface area contributed by atoms with Crippen molar-refractivity contribution in [2.45, 2.75) is 25.8 Å². The van der Waals surface area contributed by atoms with Crippen molar-refractivity contribution in [2.24, 2.45) is 5.73 Å². The van der Waals surface area contributed by atoms with Crippen LogP contribution < -0.4 is 5.73 Å². The van der Waals surface area contributed by atoms with Crippen molar-refractivity contribution in [1.82, 2.24) is 4.98 Å². The van der Waals surface area contributed by atoms with Crippen molar-refractivity contribution in [3.8, 4) is 0 Å². The van der Waals surface area contributed by atoms with E-state index >= 15 is 0 Å². The van der Waals surface area contributed by atoms with E-state index in [1.54, 1.807) is 0 Å². The van der Waals surface area contributed by atoms with Gasteiger partial charge in [-0.05, 0) is 30.5 Å². The zero-order valence-corrected chi connectivity index (χ0v) is 10.2. The lowest BCUT2D eigenvalue weighted by Crippen LogP contribution is -2.21. The van der Waals surface area contributed by atoms with E-state index < -0.39 is 0 Å². The highest BCUT2D eigenvalue weighted by Gasteiger charge is 2.02. The third-order valence-corrected chi connectivity index (χ3v) is 2.67. The van der Waals surface area contributed by atoms with Gasteiger partial charge in [-0.3, -0.25) is 4.98 Å². The molecular formula is C13H17ClN2. The summed E-state index contributed by atoms with van der Waals surface area (Å²) in [6, 6.07) is 10.6. The molecule has 1 aromatic carbocycles. The Bertz CT molecular complexity index is 456. The van der Waals surface area contributed by atoms with Gasteiger partial charge in [-0.2, -0.15) is 0 Å². The molecule has 2 nitrogen and oxygen atoms in total. The third-order valence-electron chi connectivity index (χ3n) is 2.67. The second kappa shape index (κ2) is 5.83. The van der Waals surface area contributed by atoms with E-state index in [0.29, 0.717) is 0 Å². The highest BCUT2D eigenvalue weighted by Crippen LogP contribution is 2.13. The van der Waals surface area contributed by atoms with E-state index in [1.807, 2.05) is 24.4 Å². The summed E-state index contributed by atoms with van der Waals surface area (Å²) in [5, 5.41) is 1.19. The van der Waals surface area contributed by atoms with E-state index in [9.17, 15) is 0 Å². The van der Waals surface area contributed by atoms with Crippen LogP contribution in [0.3, 0.4) is 0 Å². The van der Waals surface area contributed by atoms with Crippen LogP contribution >= 0.6 is 12.4 Å². The van der Waals surface area contributed by atoms with Gasteiger partial charge in [0.05, 0.1) is 5.52 Å². The van der Waals surface area contributed by atoms with Crippen LogP contribution in [0.1, 0.15) is 18.9 Å². The van der Waals surface area contributed by atoms with Gasteiger partial charge in [0.15, 0.2) is 0 Å². The molecule has 0 aliphatic heterocycles. The SMILES string of the molecule is CCC(N)Cc1cnc2ccccc2c1.Cl. The molecule has 16 heavy (non-hydrogen) atoms. The number of nitrogens with zero attached hydrogens (tertiary/aromatic N) is 1. The quantitative estimate of drug-likeness (QED) is 0.890. The Labute approximate surface area is 102 Å². The third kappa shape index (κ3) is 2.94. The first-order chi connectivity index (χ1) is 7.29. The highest BCUT2D eigenvalue weighted by atomic mass is 35.5. The van der Waals surface area contributed by atoms with E-state index in [2.05, 4.69) is 24.0 Å². The second-order valence-corrected chi connectivity index (χ2v) is 3.91. The minimum atomic E-state index is 0. The number of benzene rings is 1. The number of halogens is 1. The van der Waals surface area contributed by atoms with Crippen LogP contribution in [0, 0.1) is 0 Å². The average Bonchev–Trinajstić information content (AvgIpc) is 2.29. The zero-order valence-electron chi connectivity index (χ0n) is 9.39. The minimum Gasteiger partial charge on any atom is -0.327 e. The van der Waals surface area contributed by atoms with E-state index in [0.717, 1.165) is 18.4 Å². The Balaban J connectivity index is 0.00000128.